The first-order valence-corrected chi connectivity index (χ1v) is 14.3. The quantitative estimate of drug-likeness (QED) is 0.215. The monoisotopic (exact) mass is 587 g/mol. The van der Waals surface area contributed by atoms with Crippen molar-refractivity contribution in [3.05, 3.63) is 96.8 Å². The minimum atomic E-state index is -0.834. The number of fused-ring (bicyclic) bond motifs is 2. The van der Waals surface area contributed by atoms with E-state index in [-0.39, 0.29) is 17.7 Å². The SMILES string of the molecule is C=CCn1c(C)c(/C=c2\sc3n(c2=O)[C@@H](c2cc(OC)c(OC)c(OC)c2)C(C(=O)OCC)=C(C)N=3)c2ccccc21. The Morgan fingerprint density at radius 3 is 2.40 bits per heavy atom. The number of nitrogens with zero attached hydrogens (tertiary/aromatic N) is 3. The largest absolute Gasteiger partial charge is 0.493 e. The Morgan fingerprint density at radius 2 is 1.79 bits per heavy atom. The van der Waals surface area contributed by atoms with Gasteiger partial charge in [0.25, 0.3) is 5.56 Å². The summed E-state index contributed by atoms with van der Waals surface area (Å²) in [6.07, 6.45) is 3.77. The highest BCUT2D eigenvalue weighted by Gasteiger charge is 2.34. The highest BCUT2D eigenvalue weighted by Crippen LogP contribution is 2.42. The van der Waals surface area contributed by atoms with Gasteiger partial charge in [-0.3, -0.25) is 9.36 Å². The molecule has 1 aliphatic heterocycles. The molecular formula is C32H33N3O6S. The van der Waals surface area contributed by atoms with Gasteiger partial charge < -0.3 is 23.5 Å². The molecule has 218 valence electrons. The van der Waals surface area contributed by atoms with Crippen LogP contribution in [0, 0.1) is 6.92 Å². The number of ether oxygens (including phenoxy) is 4. The summed E-state index contributed by atoms with van der Waals surface area (Å²) in [4.78, 5) is 32.8. The summed E-state index contributed by atoms with van der Waals surface area (Å²) in [5, 5.41) is 1.03. The molecular weight excluding hydrogens is 554 g/mol. The van der Waals surface area contributed by atoms with Crippen molar-refractivity contribution >= 4 is 34.3 Å². The van der Waals surface area contributed by atoms with Crippen LogP contribution in [0.15, 0.2) is 70.1 Å². The van der Waals surface area contributed by atoms with Gasteiger partial charge in [0.15, 0.2) is 16.3 Å². The van der Waals surface area contributed by atoms with Gasteiger partial charge in [-0.15, -0.1) is 6.58 Å². The van der Waals surface area contributed by atoms with Crippen molar-refractivity contribution in [3.8, 4) is 17.2 Å². The number of aromatic nitrogens is 2. The third-order valence-electron chi connectivity index (χ3n) is 7.39. The van der Waals surface area contributed by atoms with E-state index in [0.29, 0.717) is 44.4 Å². The first kappa shape index (κ1) is 28.9. The fourth-order valence-corrected chi connectivity index (χ4v) is 6.53. The second-order valence-electron chi connectivity index (χ2n) is 9.68. The van der Waals surface area contributed by atoms with Crippen molar-refractivity contribution < 1.29 is 23.7 Å². The lowest BCUT2D eigenvalue weighted by Crippen LogP contribution is -2.40. The number of benzene rings is 2. The van der Waals surface area contributed by atoms with E-state index in [1.165, 1.54) is 32.7 Å². The number of thiazole rings is 1. The molecule has 0 N–H and O–H groups in total. The minimum absolute atomic E-state index is 0.177. The van der Waals surface area contributed by atoms with Gasteiger partial charge in [0.2, 0.25) is 5.75 Å². The number of hydrogen-bond acceptors (Lipinski definition) is 8. The van der Waals surface area contributed by atoms with E-state index >= 15 is 0 Å². The molecule has 2 aromatic heterocycles. The Labute approximate surface area is 247 Å². The number of esters is 1. The van der Waals surface area contributed by atoms with Gasteiger partial charge in [0.05, 0.1) is 49.8 Å². The molecule has 10 heteroatoms. The predicted molar refractivity (Wildman–Crippen MR) is 163 cm³/mol. The van der Waals surface area contributed by atoms with Crippen LogP contribution >= 0.6 is 11.3 Å². The zero-order valence-electron chi connectivity index (χ0n) is 24.5. The standard InChI is InChI=1S/C32H33N3O6S/c1-8-14-34-19(4)22(21-12-10-11-13-23(21)34)17-26-30(36)35-28(20-15-24(38-5)29(40-7)25(16-20)39-6)27(31(37)41-9-2)18(3)33-32(35)42-26/h8,10-13,15-17,28H,1,9,14H2,2-7H3/b26-17-/t28-/m0/s1. The maximum Gasteiger partial charge on any atom is 0.338 e. The van der Waals surface area contributed by atoms with Gasteiger partial charge >= 0.3 is 5.97 Å². The fraction of sp³-hybridized carbons (Fsp3) is 0.281. The molecule has 0 unspecified atom stereocenters. The summed E-state index contributed by atoms with van der Waals surface area (Å²) in [6, 6.07) is 10.7. The third-order valence-corrected chi connectivity index (χ3v) is 8.37. The predicted octanol–water partition coefficient (Wildman–Crippen LogP) is 4.27. The highest BCUT2D eigenvalue weighted by molar-refractivity contribution is 7.07. The van der Waals surface area contributed by atoms with Crippen LogP contribution in [0.1, 0.15) is 36.7 Å². The minimum Gasteiger partial charge on any atom is -0.493 e. The van der Waals surface area contributed by atoms with Crippen LogP contribution in [0.3, 0.4) is 0 Å². The molecule has 0 spiro atoms. The van der Waals surface area contributed by atoms with Crippen LogP contribution in [-0.2, 0) is 16.1 Å². The molecule has 1 aliphatic rings. The van der Waals surface area contributed by atoms with Crippen molar-refractivity contribution in [3.63, 3.8) is 0 Å². The van der Waals surface area contributed by atoms with Crippen LogP contribution in [0.25, 0.3) is 17.0 Å². The van der Waals surface area contributed by atoms with Gasteiger partial charge in [-0.05, 0) is 50.6 Å². The summed E-state index contributed by atoms with van der Waals surface area (Å²) in [5.41, 5.74) is 4.09. The summed E-state index contributed by atoms with van der Waals surface area (Å²) in [7, 11) is 4.56. The fourth-order valence-electron chi connectivity index (χ4n) is 5.50. The van der Waals surface area contributed by atoms with E-state index in [9.17, 15) is 9.59 Å². The van der Waals surface area contributed by atoms with Crippen molar-refractivity contribution in [1.82, 2.24) is 9.13 Å². The van der Waals surface area contributed by atoms with Crippen LogP contribution in [-0.4, -0.2) is 43.0 Å². The molecule has 0 fully saturated rings. The zero-order valence-corrected chi connectivity index (χ0v) is 25.3. The summed E-state index contributed by atoms with van der Waals surface area (Å²) >= 11 is 1.28. The Kier molecular flexibility index (Phi) is 8.08. The van der Waals surface area contributed by atoms with Gasteiger partial charge in [-0.2, -0.15) is 0 Å². The van der Waals surface area contributed by atoms with E-state index in [4.69, 9.17) is 23.9 Å². The first-order chi connectivity index (χ1) is 20.3. The molecule has 0 saturated carbocycles. The van der Waals surface area contributed by atoms with Crippen LogP contribution in [0.5, 0.6) is 17.2 Å². The first-order valence-electron chi connectivity index (χ1n) is 13.5. The van der Waals surface area contributed by atoms with Crippen molar-refractivity contribution in [2.24, 2.45) is 4.99 Å². The van der Waals surface area contributed by atoms with E-state index in [2.05, 4.69) is 17.2 Å². The molecule has 9 nitrogen and oxygen atoms in total. The van der Waals surface area contributed by atoms with Crippen molar-refractivity contribution in [1.29, 1.82) is 0 Å². The summed E-state index contributed by atoms with van der Waals surface area (Å²) in [6.45, 7) is 10.3. The molecule has 0 bridgehead atoms. The van der Waals surface area contributed by atoms with Gasteiger partial charge in [-0.1, -0.05) is 35.6 Å². The molecule has 1 atom stereocenters. The van der Waals surface area contributed by atoms with E-state index in [0.717, 1.165) is 22.2 Å². The Bertz CT molecular complexity index is 1900. The molecule has 0 aliphatic carbocycles. The number of methoxy groups -OCH3 is 3. The average Bonchev–Trinajstić information content (AvgIpc) is 3.44. The lowest BCUT2D eigenvalue weighted by Gasteiger charge is -2.26. The smallest absolute Gasteiger partial charge is 0.338 e. The van der Waals surface area contributed by atoms with Gasteiger partial charge in [0.1, 0.15) is 0 Å². The van der Waals surface area contributed by atoms with Crippen molar-refractivity contribution in [2.45, 2.75) is 33.4 Å². The van der Waals surface area contributed by atoms with Crippen LogP contribution in [0.4, 0.5) is 0 Å². The third kappa shape index (κ3) is 4.71. The van der Waals surface area contributed by atoms with Gasteiger partial charge in [-0.25, -0.2) is 9.79 Å². The topological polar surface area (TPSA) is 93.3 Å². The molecule has 4 aromatic rings. The molecule has 42 heavy (non-hydrogen) atoms. The Morgan fingerprint density at radius 1 is 1.10 bits per heavy atom. The lowest BCUT2D eigenvalue weighted by molar-refractivity contribution is -0.139. The number of para-hydroxylation sites is 1. The number of carbonyl (C=O) groups excluding carboxylic acids is 1. The Hall–Kier alpha value is -4.57. The summed E-state index contributed by atoms with van der Waals surface area (Å²) in [5.74, 6) is 0.658. The second-order valence-corrected chi connectivity index (χ2v) is 10.7. The van der Waals surface area contributed by atoms with E-state index < -0.39 is 12.0 Å². The maximum absolute atomic E-state index is 14.2. The van der Waals surface area contributed by atoms with Crippen LogP contribution in [0.2, 0.25) is 0 Å². The van der Waals surface area contributed by atoms with E-state index in [1.807, 2.05) is 37.3 Å². The van der Waals surface area contributed by atoms with Gasteiger partial charge in [0, 0.05) is 28.7 Å². The molecule has 3 heterocycles. The van der Waals surface area contributed by atoms with Crippen LogP contribution < -0.4 is 29.1 Å². The molecule has 2 aromatic carbocycles. The summed E-state index contributed by atoms with van der Waals surface area (Å²) < 4.78 is 26.4. The Balaban J connectivity index is 1.80. The normalized spacial score (nSPS) is 14.9. The molecule has 5 rings (SSSR count). The number of allylic oxidation sites excluding steroid dienone is 2. The highest BCUT2D eigenvalue weighted by atomic mass is 32.1. The molecule has 0 radical (unpaired) electrons. The van der Waals surface area contributed by atoms with E-state index in [1.54, 1.807) is 30.5 Å². The maximum atomic E-state index is 14.2. The number of rotatable bonds is 9. The molecule has 0 amide bonds. The second kappa shape index (κ2) is 11.7. The molecule has 0 saturated heterocycles. The lowest BCUT2D eigenvalue weighted by atomic mass is 9.95. The number of hydrogen-bond donors (Lipinski definition) is 0. The average molecular weight is 588 g/mol. The number of carbonyl (C=O) groups is 1. The van der Waals surface area contributed by atoms with Crippen molar-refractivity contribution in [2.75, 3.05) is 27.9 Å². The zero-order chi connectivity index (χ0) is 30.1.